The molecule has 2 heteroatoms. The van der Waals surface area contributed by atoms with Crippen molar-refractivity contribution in [1.29, 1.82) is 0 Å². The molecule has 1 fully saturated rings. The maximum Gasteiger partial charge on any atom is 0.123 e. The number of phenols is 1. The summed E-state index contributed by atoms with van der Waals surface area (Å²) in [7, 11) is 0. The molecule has 2 aromatic rings. The molecule has 2 aromatic carbocycles. The van der Waals surface area contributed by atoms with Crippen molar-refractivity contribution >= 4 is 16.5 Å². The first-order valence-electron chi connectivity index (χ1n) is 7.62. The molecule has 0 spiro atoms. The Balaban J connectivity index is 1.89. The van der Waals surface area contributed by atoms with E-state index in [1.165, 1.54) is 19.3 Å². The molecule has 0 amide bonds. The molecule has 3 atom stereocenters. The van der Waals surface area contributed by atoms with E-state index >= 15 is 0 Å². The van der Waals surface area contributed by atoms with Gasteiger partial charge in [0, 0.05) is 22.5 Å². The van der Waals surface area contributed by atoms with E-state index in [1.54, 1.807) is 6.07 Å². The standard InChI is InChI=1S/C18H23NO/c1-12-9-10-16(13(2)11-12)19-17-7-3-6-15-14(17)5-4-8-18(15)20/h3-8,12-13,16,19-20H,9-11H2,1-2H3. The summed E-state index contributed by atoms with van der Waals surface area (Å²) in [5.74, 6) is 1.90. The van der Waals surface area contributed by atoms with Crippen LogP contribution in [0.1, 0.15) is 33.1 Å². The van der Waals surface area contributed by atoms with Crippen LogP contribution >= 0.6 is 0 Å². The van der Waals surface area contributed by atoms with E-state index in [4.69, 9.17) is 0 Å². The Labute approximate surface area is 120 Å². The van der Waals surface area contributed by atoms with E-state index < -0.39 is 0 Å². The van der Waals surface area contributed by atoms with E-state index in [0.717, 1.165) is 22.4 Å². The number of benzene rings is 2. The normalized spacial score (nSPS) is 26.6. The maximum atomic E-state index is 9.96. The molecule has 0 aliphatic heterocycles. The van der Waals surface area contributed by atoms with Crippen molar-refractivity contribution in [3.05, 3.63) is 36.4 Å². The number of nitrogens with one attached hydrogen (secondary N) is 1. The first kappa shape index (κ1) is 13.3. The number of anilines is 1. The minimum Gasteiger partial charge on any atom is -0.507 e. The summed E-state index contributed by atoms with van der Waals surface area (Å²) in [5.41, 5.74) is 1.14. The Morgan fingerprint density at radius 3 is 2.55 bits per heavy atom. The average molecular weight is 269 g/mol. The van der Waals surface area contributed by atoms with Crippen LogP contribution in [-0.2, 0) is 0 Å². The van der Waals surface area contributed by atoms with Gasteiger partial charge < -0.3 is 10.4 Å². The van der Waals surface area contributed by atoms with E-state index in [9.17, 15) is 5.11 Å². The summed E-state index contributed by atoms with van der Waals surface area (Å²) < 4.78 is 0. The van der Waals surface area contributed by atoms with Crippen LogP contribution in [-0.4, -0.2) is 11.1 Å². The summed E-state index contributed by atoms with van der Waals surface area (Å²) >= 11 is 0. The molecule has 3 unspecified atom stereocenters. The van der Waals surface area contributed by atoms with Crippen LogP contribution in [0.2, 0.25) is 0 Å². The molecule has 1 saturated carbocycles. The fourth-order valence-electron chi connectivity index (χ4n) is 3.50. The first-order valence-corrected chi connectivity index (χ1v) is 7.62. The highest BCUT2D eigenvalue weighted by atomic mass is 16.3. The van der Waals surface area contributed by atoms with Gasteiger partial charge in [0.25, 0.3) is 0 Å². The summed E-state index contributed by atoms with van der Waals surface area (Å²) in [5, 5.41) is 15.7. The Bertz CT molecular complexity index is 607. The van der Waals surface area contributed by atoms with Crippen molar-refractivity contribution in [3.8, 4) is 5.75 Å². The van der Waals surface area contributed by atoms with Crippen LogP contribution in [0.15, 0.2) is 36.4 Å². The number of fused-ring (bicyclic) bond motifs is 1. The van der Waals surface area contributed by atoms with Crippen LogP contribution in [0, 0.1) is 11.8 Å². The lowest BCUT2D eigenvalue weighted by atomic mass is 9.80. The van der Waals surface area contributed by atoms with Gasteiger partial charge in [0.15, 0.2) is 0 Å². The Morgan fingerprint density at radius 1 is 1.00 bits per heavy atom. The highest BCUT2D eigenvalue weighted by Crippen LogP contribution is 2.34. The van der Waals surface area contributed by atoms with Gasteiger partial charge in [0.05, 0.1) is 0 Å². The second kappa shape index (κ2) is 5.35. The number of hydrogen-bond acceptors (Lipinski definition) is 2. The topological polar surface area (TPSA) is 32.3 Å². The van der Waals surface area contributed by atoms with Crippen molar-refractivity contribution in [3.63, 3.8) is 0 Å². The zero-order valence-electron chi connectivity index (χ0n) is 12.3. The number of aromatic hydroxyl groups is 1. The average Bonchev–Trinajstić information content (AvgIpc) is 2.43. The third kappa shape index (κ3) is 2.47. The predicted octanol–water partition coefficient (Wildman–Crippen LogP) is 4.78. The van der Waals surface area contributed by atoms with Crippen molar-refractivity contribution in [2.45, 2.75) is 39.2 Å². The summed E-state index contributed by atoms with van der Waals surface area (Å²) in [6, 6.07) is 12.4. The van der Waals surface area contributed by atoms with Gasteiger partial charge >= 0.3 is 0 Å². The van der Waals surface area contributed by atoms with Gasteiger partial charge in [-0.2, -0.15) is 0 Å². The quantitative estimate of drug-likeness (QED) is 0.822. The van der Waals surface area contributed by atoms with Gasteiger partial charge in [-0.1, -0.05) is 38.1 Å². The SMILES string of the molecule is CC1CCC(Nc2cccc3c(O)cccc23)C(C)C1. The van der Waals surface area contributed by atoms with Gasteiger partial charge in [0.1, 0.15) is 5.75 Å². The fourth-order valence-corrected chi connectivity index (χ4v) is 3.50. The molecule has 2 nitrogen and oxygen atoms in total. The third-order valence-corrected chi connectivity index (χ3v) is 4.67. The molecule has 3 rings (SSSR count). The lowest BCUT2D eigenvalue weighted by Gasteiger charge is -2.34. The van der Waals surface area contributed by atoms with Crippen LogP contribution < -0.4 is 5.32 Å². The third-order valence-electron chi connectivity index (χ3n) is 4.67. The van der Waals surface area contributed by atoms with Crippen molar-refractivity contribution in [2.75, 3.05) is 5.32 Å². The van der Waals surface area contributed by atoms with E-state index in [-0.39, 0.29) is 0 Å². The number of hydrogen-bond donors (Lipinski definition) is 2. The highest BCUT2D eigenvalue weighted by molar-refractivity contribution is 5.97. The van der Waals surface area contributed by atoms with Crippen molar-refractivity contribution in [2.24, 2.45) is 11.8 Å². The predicted molar refractivity (Wildman–Crippen MR) is 85.2 cm³/mol. The Hall–Kier alpha value is -1.70. The van der Waals surface area contributed by atoms with Crippen molar-refractivity contribution < 1.29 is 5.11 Å². The van der Waals surface area contributed by atoms with Crippen LogP contribution in [0.3, 0.4) is 0 Å². The summed E-state index contributed by atoms with van der Waals surface area (Å²) in [6.45, 7) is 4.69. The van der Waals surface area contributed by atoms with E-state index in [2.05, 4.69) is 31.3 Å². The summed E-state index contributed by atoms with van der Waals surface area (Å²) in [6.07, 6.45) is 3.84. The molecule has 106 valence electrons. The molecule has 1 aliphatic carbocycles. The molecular formula is C18H23NO. The van der Waals surface area contributed by atoms with Crippen LogP contribution in [0.25, 0.3) is 10.8 Å². The van der Waals surface area contributed by atoms with Gasteiger partial charge in [-0.25, -0.2) is 0 Å². The van der Waals surface area contributed by atoms with Crippen LogP contribution in [0.4, 0.5) is 5.69 Å². The lowest BCUT2D eigenvalue weighted by Crippen LogP contribution is -2.33. The monoisotopic (exact) mass is 269 g/mol. The molecule has 20 heavy (non-hydrogen) atoms. The van der Waals surface area contributed by atoms with Gasteiger partial charge in [0.2, 0.25) is 0 Å². The van der Waals surface area contributed by atoms with Gasteiger partial charge in [-0.05, 0) is 43.2 Å². The zero-order valence-corrected chi connectivity index (χ0v) is 12.3. The second-order valence-corrected chi connectivity index (χ2v) is 6.32. The Kier molecular flexibility index (Phi) is 3.56. The first-order chi connectivity index (χ1) is 9.65. The second-order valence-electron chi connectivity index (χ2n) is 6.32. The van der Waals surface area contributed by atoms with Crippen LogP contribution in [0.5, 0.6) is 5.75 Å². The van der Waals surface area contributed by atoms with Gasteiger partial charge in [-0.3, -0.25) is 0 Å². The molecule has 1 aliphatic rings. The minimum atomic E-state index is 0.358. The minimum absolute atomic E-state index is 0.358. The molecule has 2 N–H and O–H groups in total. The molecule has 0 radical (unpaired) electrons. The van der Waals surface area contributed by atoms with Crippen molar-refractivity contribution in [1.82, 2.24) is 0 Å². The zero-order chi connectivity index (χ0) is 14.1. The highest BCUT2D eigenvalue weighted by Gasteiger charge is 2.25. The fraction of sp³-hybridized carbons (Fsp3) is 0.444. The molecule has 0 saturated heterocycles. The van der Waals surface area contributed by atoms with E-state index in [0.29, 0.717) is 17.7 Å². The largest absolute Gasteiger partial charge is 0.507 e. The molecular weight excluding hydrogens is 246 g/mol. The number of phenolic OH excluding ortho intramolecular Hbond substituents is 1. The number of rotatable bonds is 2. The summed E-state index contributed by atoms with van der Waals surface area (Å²) in [4.78, 5) is 0. The molecule has 0 bridgehead atoms. The smallest absolute Gasteiger partial charge is 0.123 e. The molecule has 0 heterocycles. The Morgan fingerprint density at radius 2 is 1.75 bits per heavy atom. The van der Waals surface area contributed by atoms with E-state index in [1.807, 2.05) is 18.2 Å². The maximum absolute atomic E-state index is 9.96. The molecule has 0 aromatic heterocycles. The van der Waals surface area contributed by atoms with Gasteiger partial charge in [-0.15, -0.1) is 0 Å². The lowest BCUT2D eigenvalue weighted by molar-refractivity contribution is 0.276.